The summed E-state index contributed by atoms with van der Waals surface area (Å²) in [6, 6.07) is 7.94. The van der Waals surface area contributed by atoms with Crippen LogP contribution in [0.3, 0.4) is 0 Å². The third-order valence-electron chi connectivity index (χ3n) is 4.50. The Morgan fingerprint density at radius 3 is 2.87 bits per heavy atom. The van der Waals surface area contributed by atoms with Crippen LogP contribution in [0.2, 0.25) is 5.02 Å². The van der Waals surface area contributed by atoms with Crippen molar-refractivity contribution in [2.24, 2.45) is 5.10 Å². The molecule has 11 heteroatoms. The van der Waals surface area contributed by atoms with Gasteiger partial charge < -0.3 is 19.2 Å². The Morgan fingerprint density at radius 2 is 2.10 bits per heavy atom. The first-order valence-electron chi connectivity index (χ1n) is 9.28. The molecule has 1 saturated heterocycles. The topological polar surface area (TPSA) is 113 Å². The number of benzene rings is 1. The number of hydrogen-bond acceptors (Lipinski definition) is 8. The number of hydrazone groups is 1. The summed E-state index contributed by atoms with van der Waals surface area (Å²) >= 11 is 5.90. The largest absolute Gasteiger partial charge is 0.478 e. The molecule has 0 unspecified atom stereocenters. The molecular weight excluding hydrogens is 429 g/mol. The highest BCUT2D eigenvalue weighted by atomic mass is 35.5. The van der Waals surface area contributed by atoms with Gasteiger partial charge in [0.05, 0.1) is 36.2 Å². The van der Waals surface area contributed by atoms with Crippen LogP contribution >= 0.6 is 11.6 Å². The highest BCUT2D eigenvalue weighted by Gasteiger charge is 2.18. The number of anilines is 2. The predicted molar refractivity (Wildman–Crippen MR) is 112 cm³/mol. The fourth-order valence-corrected chi connectivity index (χ4v) is 3.18. The van der Waals surface area contributed by atoms with E-state index in [9.17, 15) is 14.3 Å². The molecule has 1 fully saturated rings. The molecule has 9 nitrogen and oxygen atoms in total. The van der Waals surface area contributed by atoms with E-state index >= 15 is 0 Å². The molecule has 4 rings (SSSR count). The van der Waals surface area contributed by atoms with Gasteiger partial charge in [0.15, 0.2) is 11.6 Å². The number of rotatable bonds is 6. The molecule has 0 atom stereocenters. The van der Waals surface area contributed by atoms with Crippen LogP contribution < -0.4 is 10.3 Å². The molecule has 0 aliphatic carbocycles. The lowest BCUT2D eigenvalue weighted by Crippen LogP contribution is -2.37. The van der Waals surface area contributed by atoms with E-state index in [1.807, 2.05) is 0 Å². The van der Waals surface area contributed by atoms with Crippen molar-refractivity contribution in [2.75, 3.05) is 36.6 Å². The Hall–Kier alpha value is -3.50. The summed E-state index contributed by atoms with van der Waals surface area (Å²) in [5, 5.41) is 13.4. The van der Waals surface area contributed by atoms with E-state index in [0.717, 1.165) is 6.20 Å². The fraction of sp³-hybridized carbons (Fsp3) is 0.200. The second kappa shape index (κ2) is 9.11. The number of carboxylic acid groups (broad SMARTS) is 1. The van der Waals surface area contributed by atoms with Gasteiger partial charge in [-0.3, -0.25) is 0 Å². The van der Waals surface area contributed by atoms with Gasteiger partial charge in [0.25, 0.3) is 0 Å². The lowest BCUT2D eigenvalue weighted by molar-refractivity contribution is 0.0697. The number of morpholine rings is 1. The molecule has 2 aromatic heterocycles. The molecule has 0 bridgehead atoms. The van der Waals surface area contributed by atoms with Gasteiger partial charge in [0.2, 0.25) is 5.95 Å². The number of aromatic carboxylic acids is 1. The molecule has 1 aromatic carbocycles. The van der Waals surface area contributed by atoms with Gasteiger partial charge in [-0.25, -0.2) is 19.6 Å². The van der Waals surface area contributed by atoms with Crippen molar-refractivity contribution in [3.63, 3.8) is 0 Å². The van der Waals surface area contributed by atoms with Crippen molar-refractivity contribution in [2.45, 2.75) is 0 Å². The Labute approximate surface area is 181 Å². The van der Waals surface area contributed by atoms with Crippen LogP contribution in [0.15, 0.2) is 46.0 Å². The highest BCUT2D eigenvalue weighted by Crippen LogP contribution is 2.26. The first-order valence-corrected chi connectivity index (χ1v) is 9.66. The minimum atomic E-state index is -1.12. The summed E-state index contributed by atoms with van der Waals surface area (Å²) < 4.78 is 25.0. The molecule has 0 spiro atoms. The van der Waals surface area contributed by atoms with Crippen LogP contribution in [0.4, 0.5) is 16.2 Å². The number of furan rings is 1. The third kappa shape index (κ3) is 4.81. The van der Waals surface area contributed by atoms with Gasteiger partial charge in [-0.2, -0.15) is 10.1 Å². The zero-order valence-electron chi connectivity index (χ0n) is 16.1. The Kier molecular flexibility index (Phi) is 6.10. The monoisotopic (exact) mass is 445 g/mol. The van der Waals surface area contributed by atoms with E-state index in [1.54, 1.807) is 23.1 Å². The Balaban J connectivity index is 1.45. The van der Waals surface area contributed by atoms with E-state index in [-0.39, 0.29) is 22.4 Å². The average Bonchev–Trinajstić information content (AvgIpc) is 3.24. The van der Waals surface area contributed by atoms with E-state index in [4.69, 9.17) is 20.8 Å². The first-order chi connectivity index (χ1) is 15.0. The molecule has 0 radical (unpaired) electrons. The minimum absolute atomic E-state index is 0.0167. The van der Waals surface area contributed by atoms with Gasteiger partial charge in [0.1, 0.15) is 11.5 Å². The normalized spacial score (nSPS) is 14.2. The number of nitrogens with zero attached hydrogens (tertiary/aromatic N) is 4. The lowest BCUT2D eigenvalue weighted by Gasteiger charge is -2.27. The fourth-order valence-electron chi connectivity index (χ4n) is 2.98. The zero-order chi connectivity index (χ0) is 21.8. The summed E-state index contributed by atoms with van der Waals surface area (Å²) in [7, 11) is 0. The Bertz CT molecular complexity index is 1130. The molecule has 3 aromatic rings. The standard InChI is InChI=1S/C20H17ClFN5O4/c21-15-3-1-12(9-14(15)19(28)29)17-4-2-13(31-17)10-24-26-20-23-11-16(22)18(25-20)27-5-7-30-8-6-27/h1-4,9-11H,5-8H2,(H,28,29)(H,23,25,26)/b24-10+. The summed E-state index contributed by atoms with van der Waals surface area (Å²) in [5.41, 5.74) is 3.19. The molecule has 1 aliphatic heterocycles. The van der Waals surface area contributed by atoms with Crippen LogP contribution in [0.25, 0.3) is 11.3 Å². The maximum atomic E-state index is 14.1. The molecule has 0 saturated carbocycles. The summed E-state index contributed by atoms with van der Waals surface area (Å²) in [4.78, 5) is 21.1. The quantitative estimate of drug-likeness (QED) is 0.437. The van der Waals surface area contributed by atoms with E-state index in [1.165, 1.54) is 18.3 Å². The molecular formula is C20H17ClFN5O4. The maximum absolute atomic E-state index is 14.1. The van der Waals surface area contributed by atoms with Gasteiger partial charge in [0, 0.05) is 18.7 Å². The zero-order valence-corrected chi connectivity index (χ0v) is 16.8. The molecule has 3 heterocycles. The van der Waals surface area contributed by atoms with Crippen molar-refractivity contribution in [3.05, 3.63) is 58.7 Å². The minimum Gasteiger partial charge on any atom is -0.478 e. The third-order valence-corrected chi connectivity index (χ3v) is 4.83. The number of carbonyl (C=O) groups is 1. The van der Waals surface area contributed by atoms with Gasteiger partial charge in [-0.1, -0.05) is 11.6 Å². The van der Waals surface area contributed by atoms with E-state index < -0.39 is 11.8 Å². The number of aromatic nitrogens is 2. The number of hydrogen-bond donors (Lipinski definition) is 2. The smallest absolute Gasteiger partial charge is 0.337 e. The molecule has 31 heavy (non-hydrogen) atoms. The van der Waals surface area contributed by atoms with E-state index in [2.05, 4.69) is 20.5 Å². The molecule has 2 N–H and O–H groups in total. The second-order valence-corrected chi connectivity index (χ2v) is 6.94. The number of nitrogens with one attached hydrogen (secondary N) is 1. The van der Waals surface area contributed by atoms with Crippen LogP contribution in [-0.2, 0) is 4.74 Å². The predicted octanol–water partition coefficient (Wildman–Crippen LogP) is 3.51. The van der Waals surface area contributed by atoms with Crippen LogP contribution in [-0.4, -0.2) is 53.6 Å². The second-order valence-electron chi connectivity index (χ2n) is 6.54. The molecule has 0 amide bonds. The van der Waals surface area contributed by atoms with Crippen molar-refractivity contribution >= 4 is 35.6 Å². The molecule has 1 aliphatic rings. The average molecular weight is 446 g/mol. The van der Waals surface area contributed by atoms with Crippen LogP contribution in [0.1, 0.15) is 16.1 Å². The van der Waals surface area contributed by atoms with Gasteiger partial charge >= 0.3 is 5.97 Å². The highest BCUT2D eigenvalue weighted by molar-refractivity contribution is 6.33. The van der Waals surface area contributed by atoms with E-state index in [0.29, 0.717) is 43.4 Å². The van der Waals surface area contributed by atoms with Crippen molar-refractivity contribution in [1.82, 2.24) is 9.97 Å². The lowest BCUT2D eigenvalue weighted by atomic mass is 10.1. The first kappa shape index (κ1) is 20.8. The summed E-state index contributed by atoms with van der Waals surface area (Å²) in [6.45, 7) is 2.10. The number of carboxylic acids is 1. The number of ether oxygens (including phenoxy) is 1. The Morgan fingerprint density at radius 1 is 1.29 bits per heavy atom. The summed E-state index contributed by atoms with van der Waals surface area (Å²) in [6.07, 6.45) is 2.49. The van der Waals surface area contributed by atoms with Crippen molar-refractivity contribution in [1.29, 1.82) is 0 Å². The van der Waals surface area contributed by atoms with Gasteiger partial charge in [-0.15, -0.1) is 0 Å². The maximum Gasteiger partial charge on any atom is 0.337 e. The van der Waals surface area contributed by atoms with Crippen molar-refractivity contribution in [3.8, 4) is 11.3 Å². The molecule has 160 valence electrons. The van der Waals surface area contributed by atoms with Crippen LogP contribution in [0, 0.1) is 5.82 Å². The van der Waals surface area contributed by atoms with Gasteiger partial charge in [-0.05, 0) is 30.3 Å². The van der Waals surface area contributed by atoms with Crippen LogP contribution in [0.5, 0.6) is 0 Å². The summed E-state index contributed by atoms with van der Waals surface area (Å²) in [5.74, 6) is -0.461. The van der Waals surface area contributed by atoms with Crippen molar-refractivity contribution < 1.29 is 23.4 Å². The SMILES string of the molecule is O=C(O)c1cc(-c2ccc(/C=N/Nc3ncc(F)c(N4CCOCC4)n3)o2)ccc1Cl. The number of halogens is 2.